The van der Waals surface area contributed by atoms with Crippen LogP contribution < -0.4 is 5.32 Å². The zero-order valence-corrected chi connectivity index (χ0v) is 13.7. The molecule has 1 atom stereocenters. The second kappa shape index (κ2) is 9.49. The van der Waals surface area contributed by atoms with Crippen molar-refractivity contribution in [3.8, 4) is 0 Å². The number of rotatable bonds is 10. The molecule has 0 aliphatic heterocycles. The molecule has 8 nitrogen and oxygen atoms in total. The van der Waals surface area contributed by atoms with Gasteiger partial charge < -0.3 is 15.3 Å². The molecule has 0 spiro atoms. The summed E-state index contributed by atoms with van der Waals surface area (Å²) in [4.78, 5) is 37.8. The van der Waals surface area contributed by atoms with Gasteiger partial charge in [-0.1, -0.05) is 32.0 Å². The van der Waals surface area contributed by atoms with E-state index in [0.29, 0.717) is 17.9 Å². The summed E-state index contributed by atoms with van der Waals surface area (Å²) in [7, 11) is 0. The molecule has 2 N–H and O–H groups in total. The molecule has 0 aliphatic carbocycles. The summed E-state index contributed by atoms with van der Waals surface area (Å²) in [5.41, 5.74) is 0.670. The highest BCUT2D eigenvalue weighted by atomic mass is 16.9. The van der Waals surface area contributed by atoms with Crippen LogP contribution in [0.1, 0.15) is 42.6 Å². The Bertz CT molecular complexity index is 588. The molecule has 24 heavy (non-hydrogen) atoms. The molecule has 0 radical (unpaired) electrons. The molecule has 0 saturated heterocycles. The van der Waals surface area contributed by atoms with Gasteiger partial charge in [0.05, 0.1) is 0 Å². The van der Waals surface area contributed by atoms with E-state index >= 15 is 0 Å². The van der Waals surface area contributed by atoms with Gasteiger partial charge >= 0.3 is 5.97 Å². The molecule has 0 fully saturated rings. The van der Waals surface area contributed by atoms with Gasteiger partial charge in [-0.3, -0.25) is 9.59 Å². The Morgan fingerprint density at radius 1 is 1.33 bits per heavy atom. The van der Waals surface area contributed by atoms with E-state index in [1.165, 1.54) is 0 Å². The average molecular weight is 338 g/mol. The van der Waals surface area contributed by atoms with Crippen LogP contribution in [-0.4, -0.2) is 28.6 Å². The molecule has 1 aromatic rings. The molecule has 1 aromatic carbocycles. The third-order valence-corrected chi connectivity index (χ3v) is 3.41. The van der Waals surface area contributed by atoms with Crippen molar-refractivity contribution in [2.45, 2.75) is 33.3 Å². The van der Waals surface area contributed by atoms with Crippen molar-refractivity contribution in [1.82, 2.24) is 5.32 Å². The minimum Gasteiger partial charge on any atom is -0.481 e. The fourth-order valence-corrected chi connectivity index (χ4v) is 2.47. The van der Waals surface area contributed by atoms with Crippen molar-refractivity contribution in [3.05, 3.63) is 45.5 Å². The van der Waals surface area contributed by atoms with E-state index in [0.717, 1.165) is 0 Å². The Morgan fingerprint density at radius 3 is 2.58 bits per heavy atom. The van der Waals surface area contributed by atoms with E-state index in [9.17, 15) is 19.7 Å². The van der Waals surface area contributed by atoms with Crippen molar-refractivity contribution < 1.29 is 24.6 Å². The number of benzene rings is 1. The highest BCUT2D eigenvalue weighted by Gasteiger charge is 2.18. The fraction of sp³-hybridized carbons (Fsp3) is 0.500. The maximum absolute atomic E-state index is 12.3. The van der Waals surface area contributed by atoms with Crippen LogP contribution in [0.3, 0.4) is 0 Å². The number of nitrogens with zero attached hydrogens (tertiary/aromatic N) is 1. The molecular weight excluding hydrogens is 316 g/mol. The molecule has 0 aliphatic rings. The SMILES string of the molecule is CC(C)C[C@H](CNC(=O)c1ccccc1CO[N+](=O)[O-])CC(=O)O. The van der Waals surface area contributed by atoms with Crippen LogP contribution in [0.4, 0.5) is 0 Å². The normalized spacial score (nSPS) is 11.8. The number of hydrogen-bond acceptors (Lipinski definition) is 5. The fourth-order valence-electron chi connectivity index (χ4n) is 2.47. The Balaban J connectivity index is 2.72. The molecule has 132 valence electrons. The summed E-state index contributed by atoms with van der Waals surface area (Å²) in [6.45, 7) is 3.89. The van der Waals surface area contributed by atoms with Gasteiger partial charge in [0.1, 0.15) is 6.61 Å². The zero-order chi connectivity index (χ0) is 18.1. The summed E-state index contributed by atoms with van der Waals surface area (Å²) in [6.07, 6.45) is 0.656. The van der Waals surface area contributed by atoms with Gasteiger partial charge in [-0.05, 0) is 29.9 Å². The number of hydrogen-bond donors (Lipinski definition) is 2. The smallest absolute Gasteiger partial charge is 0.303 e. The molecule has 0 unspecified atom stereocenters. The number of carbonyl (C=O) groups is 2. The third kappa shape index (κ3) is 7.08. The van der Waals surface area contributed by atoms with Crippen molar-refractivity contribution >= 4 is 11.9 Å². The molecule has 0 saturated carbocycles. The first kappa shape index (κ1) is 19.4. The van der Waals surface area contributed by atoms with Gasteiger partial charge in [-0.15, -0.1) is 10.1 Å². The number of carboxylic acids is 1. The number of aliphatic carboxylic acids is 1. The summed E-state index contributed by atoms with van der Waals surface area (Å²) < 4.78 is 0. The predicted octanol–water partition coefficient (Wildman–Crippen LogP) is 2.26. The van der Waals surface area contributed by atoms with Gasteiger partial charge in [-0.2, -0.15) is 0 Å². The molecule has 8 heteroatoms. The van der Waals surface area contributed by atoms with E-state index in [1.54, 1.807) is 24.3 Å². The summed E-state index contributed by atoms with van der Waals surface area (Å²) >= 11 is 0. The minimum atomic E-state index is -0.916. The first-order valence-corrected chi connectivity index (χ1v) is 7.64. The second-order valence-corrected chi connectivity index (χ2v) is 5.96. The quantitative estimate of drug-likeness (QED) is 0.499. The van der Waals surface area contributed by atoms with Gasteiger partial charge in [0, 0.05) is 18.5 Å². The van der Waals surface area contributed by atoms with Gasteiger partial charge in [0.15, 0.2) is 0 Å². The molecule has 0 aromatic heterocycles. The number of carbonyl (C=O) groups excluding carboxylic acids is 1. The predicted molar refractivity (Wildman–Crippen MR) is 85.8 cm³/mol. The first-order valence-electron chi connectivity index (χ1n) is 7.64. The Morgan fingerprint density at radius 2 is 2.00 bits per heavy atom. The largest absolute Gasteiger partial charge is 0.481 e. The summed E-state index contributed by atoms with van der Waals surface area (Å²) in [6, 6.07) is 6.42. The highest BCUT2D eigenvalue weighted by Crippen LogP contribution is 2.16. The van der Waals surface area contributed by atoms with Crippen LogP contribution in [-0.2, 0) is 16.2 Å². The zero-order valence-electron chi connectivity index (χ0n) is 13.7. The molecule has 0 bridgehead atoms. The molecule has 1 amide bonds. The maximum Gasteiger partial charge on any atom is 0.303 e. The average Bonchev–Trinajstić information content (AvgIpc) is 2.49. The first-order chi connectivity index (χ1) is 11.3. The van der Waals surface area contributed by atoms with E-state index in [1.807, 2.05) is 13.8 Å². The summed E-state index contributed by atoms with van der Waals surface area (Å²) in [5, 5.41) is 21.0. The standard InChI is InChI=1S/C16H22N2O6/c1-11(2)7-12(8-15(19)20)9-17-16(21)14-6-4-3-5-13(14)10-24-18(22)23/h3-6,11-12H,7-10H2,1-2H3,(H,17,21)(H,19,20)/t12-/m0/s1. The van der Waals surface area contributed by atoms with E-state index in [2.05, 4.69) is 10.2 Å². The third-order valence-electron chi connectivity index (χ3n) is 3.41. The van der Waals surface area contributed by atoms with Crippen LogP contribution in [0.2, 0.25) is 0 Å². The number of carboxylic acid groups (broad SMARTS) is 1. The van der Waals surface area contributed by atoms with Crippen molar-refractivity contribution in [1.29, 1.82) is 0 Å². The van der Waals surface area contributed by atoms with Crippen LogP contribution in [0.15, 0.2) is 24.3 Å². The van der Waals surface area contributed by atoms with E-state index in [-0.39, 0.29) is 31.1 Å². The van der Waals surface area contributed by atoms with Crippen molar-refractivity contribution in [3.63, 3.8) is 0 Å². The van der Waals surface area contributed by atoms with E-state index < -0.39 is 17.0 Å². The Hall–Kier alpha value is -2.64. The lowest BCUT2D eigenvalue weighted by Crippen LogP contribution is -2.31. The molecular formula is C16H22N2O6. The van der Waals surface area contributed by atoms with Gasteiger partial charge in [0.25, 0.3) is 11.0 Å². The van der Waals surface area contributed by atoms with Gasteiger partial charge in [-0.25, -0.2) is 0 Å². The van der Waals surface area contributed by atoms with Crippen molar-refractivity contribution in [2.75, 3.05) is 6.54 Å². The monoisotopic (exact) mass is 338 g/mol. The Labute approximate surface area is 139 Å². The summed E-state index contributed by atoms with van der Waals surface area (Å²) in [5.74, 6) is -1.17. The lowest BCUT2D eigenvalue weighted by Gasteiger charge is -2.18. The van der Waals surface area contributed by atoms with Gasteiger partial charge in [0.2, 0.25) is 0 Å². The maximum atomic E-state index is 12.3. The van der Waals surface area contributed by atoms with Crippen molar-refractivity contribution in [2.24, 2.45) is 11.8 Å². The van der Waals surface area contributed by atoms with Crippen LogP contribution in [0, 0.1) is 22.0 Å². The second-order valence-electron chi connectivity index (χ2n) is 5.96. The Kier molecular flexibility index (Phi) is 7.67. The van der Waals surface area contributed by atoms with Crippen LogP contribution in [0.5, 0.6) is 0 Å². The topological polar surface area (TPSA) is 119 Å². The lowest BCUT2D eigenvalue weighted by atomic mass is 9.94. The minimum absolute atomic E-state index is 0.0233. The van der Waals surface area contributed by atoms with Crippen LogP contribution in [0.25, 0.3) is 0 Å². The van der Waals surface area contributed by atoms with E-state index in [4.69, 9.17) is 5.11 Å². The highest BCUT2D eigenvalue weighted by molar-refractivity contribution is 5.95. The molecule has 0 heterocycles. The number of nitrogens with one attached hydrogen (secondary N) is 1. The van der Waals surface area contributed by atoms with Crippen LogP contribution >= 0.6 is 0 Å². The number of amides is 1. The lowest BCUT2D eigenvalue weighted by molar-refractivity contribution is -0.763. The molecule has 1 rings (SSSR count).